The summed E-state index contributed by atoms with van der Waals surface area (Å²) >= 11 is 3.69. The maximum atomic E-state index is 5.38. The Balaban J connectivity index is 1.88. The lowest BCUT2D eigenvalue weighted by Gasteiger charge is -2.31. The van der Waals surface area contributed by atoms with Gasteiger partial charge in [-0.1, -0.05) is 28.8 Å². The molecule has 16 heavy (non-hydrogen) atoms. The van der Waals surface area contributed by atoms with Crippen molar-refractivity contribution in [3.8, 4) is 0 Å². The first kappa shape index (κ1) is 12.2. The Morgan fingerprint density at radius 2 is 2.19 bits per heavy atom. The molecular weight excluding hydrogens is 266 g/mol. The Morgan fingerprint density at radius 3 is 2.75 bits per heavy atom. The zero-order chi connectivity index (χ0) is 11.4. The molecule has 1 fully saturated rings. The molecule has 0 saturated heterocycles. The van der Waals surface area contributed by atoms with Gasteiger partial charge in [-0.05, 0) is 37.4 Å². The minimum Gasteiger partial charge on any atom is -0.468 e. The van der Waals surface area contributed by atoms with Crippen molar-refractivity contribution in [1.29, 1.82) is 0 Å². The Labute approximate surface area is 106 Å². The third-order valence-electron chi connectivity index (χ3n) is 3.56. The highest BCUT2D eigenvalue weighted by molar-refractivity contribution is 9.09. The smallest absolute Gasteiger partial charge is 0.117 e. The quantitative estimate of drug-likeness (QED) is 0.768. The summed E-state index contributed by atoms with van der Waals surface area (Å²) < 4.78 is 5.38. The topological polar surface area (TPSA) is 16.4 Å². The van der Waals surface area contributed by atoms with Crippen molar-refractivity contribution < 1.29 is 4.42 Å². The van der Waals surface area contributed by atoms with Gasteiger partial charge >= 0.3 is 0 Å². The summed E-state index contributed by atoms with van der Waals surface area (Å²) in [5, 5.41) is 1.13. The number of hydrogen-bond acceptors (Lipinski definition) is 2. The van der Waals surface area contributed by atoms with Crippen LogP contribution in [0.2, 0.25) is 0 Å². The van der Waals surface area contributed by atoms with E-state index in [1.165, 1.54) is 32.2 Å². The van der Waals surface area contributed by atoms with Crippen LogP contribution in [-0.2, 0) is 6.54 Å². The molecule has 1 saturated carbocycles. The van der Waals surface area contributed by atoms with Gasteiger partial charge in [0.1, 0.15) is 5.76 Å². The SMILES string of the molecule is CN(Cc1ccco1)CC1(CBr)CCCC1. The molecule has 0 amide bonds. The van der Waals surface area contributed by atoms with Gasteiger partial charge in [-0.15, -0.1) is 0 Å². The van der Waals surface area contributed by atoms with Crippen LogP contribution in [-0.4, -0.2) is 23.8 Å². The van der Waals surface area contributed by atoms with Gasteiger partial charge in [0.2, 0.25) is 0 Å². The lowest BCUT2D eigenvalue weighted by atomic mass is 9.88. The predicted octanol–water partition coefficient (Wildman–Crippen LogP) is 3.67. The monoisotopic (exact) mass is 285 g/mol. The van der Waals surface area contributed by atoms with Crippen LogP contribution in [0, 0.1) is 5.41 Å². The second-order valence-corrected chi connectivity index (χ2v) is 5.65. The molecule has 0 aliphatic heterocycles. The lowest BCUT2D eigenvalue weighted by molar-refractivity contribution is 0.186. The molecule has 0 atom stereocenters. The molecule has 0 spiro atoms. The largest absolute Gasteiger partial charge is 0.468 e. The highest BCUT2D eigenvalue weighted by Gasteiger charge is 2.33. The van der Waals surface area contributed by atoms with Gasteiger partial charge in [-0.25, -0.2) is 0 Å². The van der Waals surface area contributed by atoms with E-state index in [1.807, 2.05) is 12.1 Å². The van der Waals surface area contributed by atoms with Crippen LogP contribution in [0.1, 0.15) is 31.4 Å². The minimum atomic E-state index is 0.501. The molecule has 0 unspecified atom stereocenters. The van der Waals surface area contributed by atoms with Gasteiger partial charge in [0.05, 0.1) is 12.8 Å². The van der Waals surface area contributed by atoms with Gasteiger partial charge in [0.15, 0.2) is 0 Å². The van der Waals surface area contributed by atoms with Gasteiger partial charge < -0.3 is 4.42 Å². The molecule has 2 nitrogen and oxygen atoms in total. The third-order valence-corrected chi connectivity index (χ3v) is 4.75. The van der Waals surface area contributed by atoms with E-state index in [1.54, 1.807) is 6.26 Å². The molecule has 0 bridgehead atoms. The first-order chi connectivity index (χ1) is 7.74. The molecule has 3 heteroatoms. The summed E-state index contributed by atoms with van der Waals surface area (Å²) in [4.78, 5) is 2.38. The van der Waals surface area contributed by atoms with Crippen molar-refractivity contribution in [3.05, 3.63) is 24.2 Å². The van der Waals surface area contributed by atoms with E-state index < -0.39 is 0 Å². The summed E-state index contributed by atoms with van der Waals surface area (Å²) in [5.74, 6) is 1.06. The minimum absolute atomic E-state index is 0.501. The van der Waals surface area contributed by atoms with Gasteiger partial charge in [-0.3, -0.25) is 4.90 Å². The molecule has 1 aliphatic carbocycles. The van der Waals surface area contributed by atoms with Crippen LogP contribution in [0.3, 0.4) is 0 Å². The zero-order valence-corrected chi connectivity index (χ0v) is 11.5. The van der Waals surface area contributed by atoms with Crippen molar-refractivity contribution in [2.45, 2.75) is 32.2 Å². The molecule has 1 heterocycles. The van der Waals surface area contributed by atoms with Crippen LogP contribution >= 0.6 is 15.9 Å². The number of furan rings is 1. The van der Waals surface area contributed by atoms with Crippen LogP contribution in [0.15, 0.2) is 22.8 Å². The molecule has 1 aromatic heterocycles. The number of halogens is 1. The molecule has 90 valence electrons. The summed E-state index contributed by atoms with van der Waals surface area (Å²) in [6.07, 6.45) is 7.25. The van der Waals surface area contributed by atoms with E-state index in [0.29, 0.717) is 5.41 Å². The van der Waals surface area contributed by atoms with Crippen LogP contribution in [0.4, 0.5) is 0 Å². The summed E-state index contributed by atoms with van der Waals surface area (Å²) in [6.45, 7) is 2.08. The molecule has 0 N–H and O–H groups in total. The molecule has 1 aromatic rings. The van der Waals surface area contributed by atoms with Crippen molar-refractivity contribution in [2.24, 2.45) is 5.41 Å². The van der Waals surface area contributed by atoms with E-state index in [2.05, 4.69) is 27.9 Å². The van der Waals surface area contributed by atoms with E-state index in [0.717, 1.165) is 17.6 Å². The number of alkyl halides is 1. The van der Waals surface area contributed by atoms with E-state index in [9.17, 15) is 0 Å². The van der Waals surface area contributed by atoms with E-state index >= 15 is 0 Å². The van der Waals surface area contributed by atoms with Gasteiger partial charge in [-0.2, -0.15) is 0 Å². The highest BCUT2D eigenvalue weighted by atomic mass is 79.9. The van der Waals surface area contributed by atoms with Gasteiger partial charge in [0, 0.05) is 11.9 Å². The van der Waals surface area contributed by atoms with Crippen LogP contribution in [0.25, 0.3) is 0 Å². The van der Waals surface area contributed by atoms with Crippen molar-refractivity contribution in [1.82, 2.24) is 4.90 Å². The van der Waals surface area contributed by atoms with E-state index in [4.69, 9.17) is 4.42 Å². The predicted molar refractivity (Wildman–Crippen MR) is 69.7 cm³/mol. The Kier molecular flexibility index (Phi) is 4.09. The Hall–Kier alpha value is -0.280. The van der Waals surface area contributed by atoms with Crippen LogP contribution < -0.4 is 0 Å². The number of rotatable bonds is 5. The standard InChI is InChI=1S/C13H20BrNO/c1-15(9-12-5-4-8-16-12)11-13(10-14)6-2-3-7-13/h4-5,8H,2-3,6-7,9-11H2,1H3. The molecule has 0 radical (unpaired) electrons. The lowest BCUT2D eigenvalue weighted by Crippen LogP contribution is -2.34. The van der Waals surface area contributed by atoms with Crippen molar-refractivity contribution in [2.75, 3.05) is 18.9 Å². The summed E-state index contributed by atoms with van der Waals surface area (Å²) in [5.41, 5.74) is 0.501. The van der Waals surface area contributed by atoms with Crippen molar-refractivity contribution in [3.63, 3.8) is 0 Å². The maximum Gasteiger partial charge on any atom is 0.117 e. The summed E-state index contributed by atoms with van der Waals surface area (Å²) in [7, 11) is 2.19. The van der Waals surface area contributed by atoms with E-state index in [-0.39, 0.29) is 0 Å². The maximum absolute atomic E-state index is 5.38. The third kappa shape index (κ3) is 2.89. The molecule has 2 rings (SSSR count). The number of hydrogen-bond donors (Lipinski definition) is 0. The van der Waals surface area contributed by atoms with Crippen LogP contribution in [0.5, 0.6) is 0 Å². The highest BCUT2D eigenvalue weighted by Crippen LogP contribution is 2.40. The summed E-state index contributed by atoms with van der Waals surface area (Å²) in [6, 6.07) is 4.00. The first-order valence-electron chi connectivity index (χ1n) is 6.01. The number of nitrogens with zero attached hydrogens (tertiary/aromatic N) is 1. The zero-order valence-electron chi connectivity index (χ0n) is 9.92. The first-order valence-corrected chi connectivity index (χ1v) is 7.13. The second-order valence-electron chi connectivity index (χ2n) is 5.09. The van der Waals surface area contributed by atoms with Crippen molar-refractivity contribution >= 4 is 15.9 Å². The molecule has 1 aliphatic rings. The fraction of sp³-hybridized carbons (Fsp3) is 0.692. The average molecular weight is 286 g/mol. The molecular formula is C13H20BrNO. The fourth-order valence-electron chi connectivity index (χ4n) is 2.76. The molecule has 0 aromatic carbocycles. The Bertz CT molecular complexity index is 304. The second kappa shape index (κ2) is 5.37. The normalized spacial score (nSPS) is 19.4. The van der Waals surface area contributed by atoms with Gasteiger partial charge in [0.25, 0.3) is 0 Å². The Morgan fingerprint density at radius 1 is 1.44 bits per heavy atom. The fourth-order valence-corrected chi connectivity index (χ4v) is 3.49. The average Bonchev–Trinajstić information content (AvgIpc) is 2.90.